The molecule has 112 valence electrons. The van der Waals surface area contributed by atoms with Gasteiger partial charge in [-0.25, -0.2) is 14.2 Å². The molecule has 0 aromatic carbocycles. The Morgan fingerprint density at radius 2 is 1.75 bits per heavy atom. The number of aromatic nitrogens is 1. The van der Waals surface area contributed by atoms with E-state index >= 15 is 0 Å². The first-order valence-electron chi connectivity index (χ1n) is 4.57. The second-order valence-electron chi connectivity index (χ2n) is 3.21. The molecular weight excluding hydrogens is 303 g/mol. The third-order valence-corrected chi connectivity index (χ3v) is 1.83. The van der Waals surface area contributed by atoms with Gasteiger partial charge in [0.25, 0.3) is 0 Å². The quantitative estimate of drug-likeness (QED) is 0.622. The molecule has 4 nitrogen and oxygen atoms in total. The number of ether oxygens (including phenoxy) is 2. The zero-order chi connectivity index (χ0) is 15.7. The summed E-state index contributed by atoms with van der Waals surface area (Å²) in [5.74, 6) is -5.69. The molecule has 0 aliphatic carbocycles. The van der Waals surface area contributed by atoms with E-state index in [0.717, 1.165) is 7.11 Å². The molecule has 0 aliphatic rings. The maximum Gasteiger partial charge on any atom is 0.574 e. The Balaban J connectivity index is 3.48. The molecule has 0 radical (unpaired) electrons. The van der Waals surface area contributed by atoms with Crippen LogP contribution in [0.5, 0.6) is 5.88 Å². The van der Waals surface area contributed by atoms with Crippen molar-refractivity contribution in [2.45, 2.75) is 12.5 Å². The molecule has 0 saturated carbocycles. The predicted molar refractivity (Wildman–Crippen MR) is 47.2 cm³/mol. The Morgan fingerprint density at radius 1 is 1.20 bits per heavy atom. The number of hydrogen-bond acceptors (Lipinski definition) is 4. The van der Waals surface area contributed by atoms with Crippen molar-refractivity contribution < 1.29 is 45.0 Å². The molecular formula is C9H4F7NO3. The normalized spacial score (nSPS) is 12.2. The van der Waals surface area contributed by atoms with Gasteiger partial charge in [-0.05, 0) is 0 Å². The van der Waals surface area contributed by atoms with E-state index < -0.39 is 41.5 Å². The van der Waals surface area contributed by atoms with E-state index in [1.807, 2.05) is 0 Å². The first kappa shape index (κ1) is 16.0. The number of pyridine rings is 1. The Kier molecular flexibility index (Phi) is 4.10. The summed E-state index contributed by atoms with van der Waals surface area (Å²) < 4.78 is 93.6. The molecule has 0 unspecified atom stereocenters. The highest BCUT2D eigenvalue weighted by atomic mass is 19.4. The number of alkyl halides is 6. The zero-order valence-electron chi connectivity index (χ0n) is 9.40. The summed E-state index contributed by atoms with van der Waals surface area (Å²) in [5, 5.41) is 0. The van der Waals surface area contributed by atoms with Crippen LogP contribution in [0.1, 0.15) is 16.1 Å². The van der Waals surface area contributed by atoms with E-state index in [2.05, 4.69) is 14.5 Å². The molecule has 0 saturated heterocycles. The van der Waals surface area contributed by atoms with Gasteiger partial charge >= 0.3 is 18.5 Å². The molecule has 1 heterocycles. The lowest BCUT2D eigenvalue weighted by atomic mass is 10.2. The van der Waals surface area contributed by atoms with Crippen molar-refractivity contribution in [3.8, 4) is 5.88 Å². The summed E-state index contributed by atoms with van der Waals surface area (Å²) in [6, 6.07) is -0.00209. The smallest absolute Gasteiger partial charge is 0.464 e. The van der Waals surface area contributed by atoms with Gasteiger partial charge in [0.1, 0.15) is 5.82 Å². The maximum atomic E-state index is 13.3. The summed E-state index contributed by atoms with van der Waals surface area (Å²) in [5.41, 5.74) is -3.47. The van der Waals surface area contributed by atoms with Gasteiger partial charge < -0.3 is 9.47 Å². The van der Waals surface area contributed by atoms with Crippen molar-refractivity contribution in [1.82, 2.24) is 4.98 Å². The van der Waals surface area contributed by atoms with E-state index in [-0.39, 0.29) is 6.07 Å². The van der Waals surface area contributed by atoms with Gasteiger partial charge in [0.2, 0.25) is 5.88 Å². The highest BCUT2D eigenvalue weighted by Crippen LogP contribution is 2.39. The van der Waals surface area contributed by atoms with Gasteiger partial charge in [-0.1, -0.05) is 0 Å². The van der Waals surface area contributed by atoms with Crippen molar-refractivity contribution in [2.24, 2.45) is 0 Å². The van der Waals surface area contributed by atoms with Crippen molar-refractivity contribution in [3.63, 3.8) is 0 Å². The van der Waals surface area contributed by atoms with Crippen LogP contribution in [0.2, 0.25) is 0 Å². The van der Waals surface area contributed by atoms with Crippen LogP contribution in [0.3, 0.4) is 0 Å². The van der Waals surface area contributed by atoms with Crippen molar-refractivity contribution in [3.05, 3.63) is 23.1 Å². The Labute approximate surface area is 106 Å². The highest BCUT2D eigenvalue weighted by molar-refractivity contribution is 5.87. The maximum absolute atomic E-state index is 13.3. The fourth-order valence-corrected chi connectivity index (χ4v) is 1.14. The topological polar surface area (TPSA) is 48.4 Å². The average molecular weight is 307 g/mol. The Bertz CT molecular complexity index is 523. The lowest BCUT2D eigenvalue weighted by molar-refractivity contribution is -0.278. The van der Waals surface area contributed by atoms with Crippen molar-refractivity contribution >= 4 is 5.97 Å². The summed E-state index contributed by atoms with van der Waals surface area (Å²) in [7, 11) is 0.782. The fourth-order valence-electron chi connectivity index (χ4n) is 1.14. The number of methoxy groups -OCH3 is 1. The lowest BCUT2D eigenvalue weighted by Crippen LogP contribution is -2.23. The molecule has 0 aliphatic heterocycles. The third kappa shape index (κ3) is 3.71. The largest absolute Gasteiger partial charge is 0.574 e. The number of nitrogens with zero attached hydrogens (tertiary/aromatic N) is 1. The number of esters is 1. The molecule has 0 fully saturated rings. The zero-order valence-corrected chi connectivity index (χ0v) is 9.40. The highest BCUT2D eigenvalue weighted by Gasteiger charge is 2.43. The van der Waals surface area contributed by atoms with E-state index in [1.165, 1.54) is 0 Å². The average Bonchev–Trinajstić information content (AvgIpc) is 2.22. The van der Waals surface area contributed by atoms with Crippen LogP contribution >= 0.6 is 0 Å². The number of carbonyl (C=O) groups is 1. The number of halogens is 7. The van der Waals surface area contributed by atoms with Crippen LogP contribution in [0, 0.1) is 5.82 Å². The molecule has 1 rings (SSSR count). The summed E-state index contributed by atoms with van der Waals surface area (Å²) in [6.45, 7) is 0. The van der Waals surface area contributed by atoms with Crippen LogP contribution in [0.15, 0.2) is 6.07 Å². The first-order chi connectivity index (χ1) is 8.95. The first-order valence-corrected chi connectivity index (χ1v) is 4.57. The monoisotopic (exact) mass is 307 g/mol. The van der Waals surface area contributed by atoms with Crippen LogP contribution in [-0.4, -0.2) is 24.4 Å². The number of carbonyl (C=O) groups excluding carboxylic acids is 1. The second kappa shape index (κ2) is 5.13. The molecule has 1 aromatic heterocycles. The van der Waals surface area contributed by atoms with Crippen LogP contribution in [-0.2, 0) is 10.9 Å². The fraction of sp³-hybridized carbons (Fsp3) is 0.333. The van der Waals surface area contributed by atoms with E-state index in [4.69, 9.17) is 0 Å². The second-order valence-corrected chi connectivity index (χ2v) is 3.21. The van der Waals surface area contributed by atoms with Gasteiger partial charge in [-0.15, -0.1) is 13.2 Å². The Morgan fingerprint density at radius 3 is 2.15 bits per heavy atom. The SMILES string of the molecule is COC(=O)c1cc(F)c(C(F)(F)F)c(OC(F)(F)F)n1. The Hall–Kier alpha value is -2.07. The molecule has 0 N–H and O–H groups in total. The lowest BCUT2D eigenvalue weighted by Gasteiger charge is -2.15. The number of rotatable bonds is 2. The van der Waals surface area contributed by atoms with E-state index in [1.54, 1.807) is 0 Å². The van der Waals surface area contributed by atoms with Crippen molar-refractivity contribution in [2.75, 3.05) is 7.11 Å². The summed E-state index contributed by atoms with van der Waals surface area (Å²) in [4.78, 5) is 13.7. The minimum absolute atomic E-state index is 0.00209. The molecule has 20 heavy (non-hydrogen) atoms. The molecule has 0 bridgehead atoms. The molecule has 1 aromatic rings. The molecule has 0 spiro atoms. The van der Waals surface area contributed by atoms with Gasteiger partial charge in [-0.3, -0.25) is 0 Å². The van der Waals surface area contributed by atoms with Gasteiger partial charge in [0.15, 0.2) is 11.3 Å². The van der Waals surface area contributed by atoms with Crippen LogP contribution in [0.25, 0.3) is 0 Å². The summed E-state index contributed by atoms with van der Waals surface area (Å²) >= 11 is 0. The minimum Gasteiger partial charge on any atom is -0.464 e. The molecule has 0 amide bonds. The molecule has 11 heteroatoms. The van der Waals surface area contributed by atoms with E-state index in [0.29, 0.717) is 0 Å². The van der Waals surface area contributed by atoms with Crippen molar-refractivity contribution in [1.29, 1.82) is 0 Å². The summed E-state index contributed by atoms with van der Waals surface area (Å²) in [6.07, 6.45) is -11.0. The predicted octanol–water partition coefficient (Wildman–Crippen LogP) is 2.92. The van der Waals surface area contributed by atoms with E-state index in [9.17, 15) is 35.5 Å². The van der Waals surface area contributed by atoms with Crippen LogP contribution in [0.4, 0.5) is 30.7 Å². The minimum atomic E-state index is -5.55. The standard InChI is InChI=1S/C9H4F7NO3/c1-19-7(18)4-2-3(10)5(8(11,12)13)6(17-4)20-9(14,15)16/h2H,1H3. The van der Waals surface area contributed by atoms with Gasteiger partial charge in [0.05, 0.1) is 7.11 Å². The third-order valence-electron chi connectivity index (χ3n) is 1.83. The van der Waals surface area contributed by atoms with Gasteiger partial charge in [-0.2, -0.15) is 13.2 Å². The van der Waals surface area contributed by atoms with Gasteiger partial charge in [0, 0.05) is 6.07 Å². The van der Waals surface area contributed by atoms with Crippen LogP contribution < -0.4 is 4.74 Å². The number of hydrogen-bond donors (Lipinski definition) is 0. The molecule has 0 atom stereocenters.